The van der Waals surface area contributed by atoms with Gasteiger partial charge in [0.1, 0.15) is 5.75 Å². The van der Waals surface area contributed by atoms with Gasteiger partial charge in [-0.3, -0.25) is 4.79 Å². The molecule has 0 aliphatic carbocycles. The summed E-state index contributed by atoms with van der Waals surface area (Å²) in [6, 6.07) is 11.1. The number of benzene rings is 1. The summed E-state index contributed by atoms with van der Waals surface area (Å²) in [6.07, 6.45) is 1.68. The van der Waals surface area contributed by atoms with E-state index >= 15 is 0 Å². The van der Waals surface area contributed by atoms with Crippen molar-refractivity contribution in [3.8, 4) is 5.75 Å². The minimum Gasteiger partial charge on any atom is -0.497 e. The van der Waals surface area contributed by atoms with Crippen LogP contribution >= 0.6 is 0 Å². The van der Waals surface area contributed by atoms with Gasteiger partial charge in [0.2, 0.25) is 0 Å². The van der Waals surface area contributed by atoms with E-state index in [0.717, 1.165) is 11.3 Å². The highest BCUT2D eigenvalue weighted by Gasteiger charge is 2.34. The molecule has 128 valence electrons. The monoisotopic (exact) mass is 338 g/mol. The number of amides is 1. The molecular formula is C17H18N6O2. The number of hydrogen-bond acceptors (Lipinski definition) is 6. The van der Waals surface area contributed by atoms with Crippen molar-refractivity contribution in [2.75, 3.05) is 20.2 Å². The van der Waals surface area contributed by atoms with Crippen LogP contribution in [0.15, 0.2) is 42.6 Å². The lowest BCUT2D eigenvalue weighted by Gasteiger charge is -2.16. The molecule has 0 bridgehead atoms. The molecule has 0 saturated carbocycles. The first-order valence-electron chi connectivity index (χ1n) is 8.02. The first-order chi connectivity index (χ1) is 12.2. The maximum absolute atomic E-state index is 12.8. The van der Waals surface area contributed by atoms with Gasteiger partial charge >= 0.3 is 0 Å². The highest BCUT2D eigenvalue weighted by atomic mass is 16.5. The standard InChI is InChI=1S/C17H18N6O2/c1-25-13-4-2-11(3-5-13)14-9-22(10-15(14)18)17(24)12-6-7-23-16(8-12)19-20-21-23/h2-8,14-15H,9-10,18H2,1H3/t14-,15+/m0/s1. The third kappa shape index (κ3) is 2.80. The van der Waals surface area contributed by atoms with E-state index in [-0.39, 0.29) is 17.9 Å². The lowest BCUT2D eigenvalue weighted by Crippen LogP contribution is -2.32. The van der Waals surface area contributed by atoms with Gasteiger partial charge in [0.15, 0.2) is 5.65 Å². The molecule has 2 aromatic heterocycles. The number of aromatic nitrogens is 4. The second-order valence-corrected chi connectivity index (χ2v) is 6.15. The van der Waals surface area contributed by atoms with Crippen LogP contribution in [0.25, 0.3) is 5.65 Å². The molecule has 1 saturated heterocycles. The Bertz CT molecular complexity index is 907. The van der Waals surface area contributed by atoms with Crippen LogP contribution < -0.4 is 10.5 Å². The van der Waals surface area contributed by atoms with Gasteiger partial charge in [0.05, 0.1) is 7.11 Å². The number of methoxy groups -OCH3 is 1. The van der Waals surface area contributed by atoms with Crippen LogP contribution in [0.2, 0.25) is 0 Å². The van der Waals surface area contributed by atoms with E-state index in [0.29, 0.717) is 24.3 Å². The SMILES string of the molecule is COc1ccc([C@@H]2CN(C(=O)c3ccn4nnnc4c3)C[C@H]2N)cc1. The number of rotatable bonds is 3. The summed E-state index contributed by atoms with van der Waals surface area (Å²) in [7, 11) is 1.64. The first kappa shape index (κ1) is 15.5. The maximum atomic E-state index is 12.8. The summed E-state index contributed by atoms with van der Waals surface area (Å²) in [5.74, 6) is 0.851. The van der Waals surface area contributed by atoms with E-state index in [9.17, 15) is 4.79 Å². The van der Waals surface area contributed by atoms with Crippen molar-refractivity contribution in [1.82, 2.24) is 24.9 Å². The largest absolute Gasteiger partial charge is 0.497 e. The average molecular weight is 338 g/mol. The van der Waals surface area contributed by atoms with E-state index in [4.69, 9.17) is 10.5 Å². The highest BCUT2D eigenvalue weighted by Crippen LogP contribution is 2.28. The quantitative estimate of drug-likeness (QED) is 0.755. The van der Waals surface area contributed by atoms with Crippen LogP contribution in [-0.4, -0.2) is 57.1 Å². The van der Waals surface area contributed by atoms with Crippen LogP contribution in [0.5, 0.6) is 5.75 Å². The Hall–Kier alpha value is -3.00. The smallest absolute Gasteiger partial charge is 0.254 e. The van der Waals surface area contributed by atoms with E-state index in [1.807, 2.05) is 24.3 Å². The molecule has 0 radical (unpaired) electrons. The van der Waals surface area contributed by atoms with Gasteiger partial charge in [0.25, 0.3) is 5.91 Å². The number of pyridine rings is 1. The normalized spacial score (nSPS) is 20.2. The highest BCUT2D eigenvalue weighted by molar-refractivity contribution is 5.95. The fourth-order valence-electron chi connectivity index (χ4n) is 3.25. The molecule has 3 heterocycles. The molecule has 4 rings (SSSR count). The van der Waals surface area contributed by atoms with Crippen molar-refractivity contribution in [3.05, 3.63) is 53.7 Å². The van der Waals surface area contributed by atoms with Crippen LogP contribution in [0.4, 0.5) is 0 Å². The number of tetrazole rings is 1. The maximum Gasteiger partial charge on any atom is 0.254 e. The molecule has 1 aromatic carbocycles. The van der Waals surface area contributed by atoms with E-state index in [1.165, 1.54) is 4.52 Å². The molecule has 2 atom stereocenters. The second-order valence-electron chi connectivity index (χ2n) is 6.15. The summed E-state index contributed by atoms with van der Waals surface area (Å²) in [5.41, 5.74) is 8.51. The molecule has 2 N–H and O–H groups in total. The first-order valence-corrected chi connectivity index (χ1v) is 8.02. The minimum atomic E-state index is -0.101. The van der Waals surface area contributed by atoms with Gasteiger partial charge in [-0.25, -0.2) is 4.52 Å². The number of fused-ring (bicyclic) bond motifs is 1. The van der Waals surface area contributed by atoms with Crippen LogP contribution in [0.1, 0.15) is 21.8 Å². The predicted molar refractivity (Wildman–Crippen MR) is 90.4 cm³/mol. The summed E-state index contributed by atoms with van der Waals surface area (Å²) in [5, 5.41) is 11.3. The lowest BCUT2D eigenvalue weighted by molar-refractivity contribution is 0.0789. The minimum absolute atomic E-state index is 0.0584. The molecule has 25 heavy (non-hydrogen) atoms. The summed E-state index contributed by atoms with van der Waals surface area (Å²) in [4.78, 5) is 14.6. The number of nitrogens with two attached hydrogens (primary N) is 1. The van der Waals surface area contributed by atoms with Gasteiger partial charge in [-0.1, -0.05) is 12.1 Å². The van der Waals surface area contributed by atoms with Crippen molar-refractivity contribution >= 4 is 11.6 Å². The van der Waals surface area contributed by atoms with Crippen molar-refractivity contribution in [1.29, 1.82) is 0 Å². The Balaban J connectivity index is 1.54. The number of carbonyl (C=O) groups is 1. The van der Waals surface area contributed by atoms with E-state index in [1.54, 1.807) is 30.3 Å². The van der Waals surface area contributed by atoms with Gasteiger partial charge in [0, 0.05) is 36.8 Å². The molecule has 0 unspecified atom stereocenters. The van der Waals surface area contributed by atoms with Crippen molar-refractivity contribution < 1.29 is 9.53 Å². The fraction of sp³-hybridized carbons (Fsp3) is 0.294. The lowest BCUT2D eigenvalue weighted by atomic mass is 9.95. The zero-order chi connectivity index (χ0) is 17.4. The molecule has 1 aliphatic rings. The molecule has 1 fully saturated rings. The van der Waals surface area contributed by atoms with Gasteiger partial charge < -0.3 is 15.4 Å². The van der Waals surface area contributed by atoms with E-state index in [2.05, 4.69) is 15.5 Å². The molecule has 8 nitrogen and oxygen atoms in total. The molecule has 1 amide bonds. The number of nitrogens with zero attached hydrogens (tertiary/aromatic N) is 5. The zero-order valence-corrected chi connectivity index (χ0v) is 13.7. The predicted octanol–water partition coefficient (Wildman–Crippen LogP) is 0.700. The topological polar surface area (TPSA) is 98.6 Å². The third-order valence-corrected chi connectivity index (χ3v) is 4.64. The van der Waals surface area contributed by atoms with Crippen LogP contribution in [0, 0.1) is 0 Å². The number of hydrogen-bond donors (Lipinski definition) is 1. The molecule has 3 aromatic rings. The Morgan fingerprint density at radius 2 is 2.04 bits per heavy atom. The molecular weight excluding hydrogens is 320 g/mol. The third-order valence-electron chi connectivity index (χ3n) is 4.64. The summed E-state index contributed by atoms with van der Waals surface area (Å²) >= 11 is 0. The van der Waals surface area contributed by atoms with Crippen molar-refractivity contribution in [2.24, 2.45) is 5.73 Å². The summed E-state index contributed by atoms with van der Waals surface area (Å²) in [6.45, 7) is 1.11. The van der Waals surface area contributed by atoms with Gasteiger partial charge in [-0.15, -0.1) is 5.10 Å². The Morgan fingerprint density at radius 1 is 1.24 bits per heavy atom. The Morgan fingerprint density at radius 3 is 2.80 bits per heavy atom. The van der Waals surface area contributed by atoms with Crippen molar-refractivity contribution in [2.45, 2.75) is 12.0 Å². The van der Waals surface area contributed by atoms with Crippen molar-refractivity contribution in [3.63, 3.8) is 0 Å². The van der Waals surface area contributed by atoms with Crippen LogP contribution in [-0.2, 0) is 0 Å². The number of ether oxygens (including phenoxy) is 1. The Kier molecular flexibility index (Phi) is 3.81. The van der Waals surface area contributed by atoms with Crippen LogP contribution in [0.3, 0.4) is 0 Å². The number of carbonyl (C=O) groups excluding carboxylic acids is 1. The molecule has 0 spiro atoms. The fourth-order valence-corrected chi connectivity index (χ4v) is 3.25. The molecule has 8 heteroatoms. The summed E-state index contributed by atoms with van der Waals surface area (Å²) < 4.78 is 6.71. The molecule has 1 aliphatic heterocycles. The Labute approximate surface area is 144 Å². The van der Waals surface area contributed by atoms with E-state index < -0.39 is 0 Å². The average Bonchev–Trinajstić information content (AvgIpc) is 3.27. The van der Waals surface area contributed by atoms with Gasteiger partial charge in [-0.05, 0) is 40.3 Å². The zero-order valence-electron chi connectivity index (χ0n) is 13.7. The second kappa shape index (κ2) is 6.14. The number of likely N-dealkylation sites (tertiary alicyclic amines) is 1. The van der Waals surface area contributed by atoms with Gasteiger partial charge in [-0.2, -0.15) is 0 Å².